The Morgan fingerprint density at radius 3 is 2.94 bits per heavy atom. The summed E-state index contributed by atoms with van der Waals surface area (Å²) in [6, 6.07) is 0. The maximum absolute atomic E-state index is 11.8. The highest BCUT2D eigenvalue weighted by molar-refractivity contribution is 7.13. The van der Waals surface area contributed by atoms with Crippen LogP contribution >= 0.6 is 11.3 Å². The van der Waals surface area contributed by atoms with Crippen LogP contribution in [-0.2, 0) is 4.79 Å². The number of hydrogen-bond acceptors (Lipinski definition) is 5. The number of rotatable bonds is 5. The highest BCUT2D eigenvalue weighted by atomic mass is 32.1. The van der Waals surface area contributed by atoms with Gasteiger partial charge < -0.3 is 11.1 Å². The van der Waals surface area contributed by atoms with Crippen LogP contribution < -0.4 is 11.1 Å². The number of carbonyl (C=O) groups excluding carboxylic acids is 1. The molecule has 100 valence electrons. The van der Waals surface area contributed by atoms with Crippen LogP contribution in [0.2, 0.25) is 0 Å². The maximum Gasteiger partial charge on any atom is 0.240 e. The van der Waals surface area contributed by atoms with Crippen molar-refractivity contribution in [3.05, 3.63) is 11.6 Å². The van der Waals surface area contributed by atoms with Crippen LogP contribution in [0.15, 0.2) is 11.6 Å². The molecule has 2 heterocycles. The summed E-state index contributed by atoms with van der Waals surface area (Å²) < 4.78 is 0. The molecule has 0 atom stereocenters. The summed E-state index contributed by atoms with van der Waals surface area (Å²) in [5.41, 5.74) is 5.57. The van der Waals surface area contributed by atoms with Crippen LogP contribution in [-0.4, -0.2) is 42.0 Å². The molecule has 1 saturated heterocycles. The lowest BCUT2D eigenvalue weighted by Crippen LogP contribution is -2.39. The fourth-order valence-corrected chi connectivity index (χ4v) is 2.86. The number of amides is 1. The van der Waals surface area contributed by atoms with E-state index in [1.165, 1.54) is 11.3 Å². The lowest BCUT2D eigenvalue weighted by molar-refractivity contribution is -0.117. The number of nitrogens with one attached hydrogen (secondary N) is 1. The van der Waals surface area contributed by atoms with E-state index in [4.69, 9.17) is 5.73 Å². The first-order valence-electron chi connectivity index (χ1n) is 6.39. The van der Waals surface area contributed by atoms with Crippen molar-refractivity contribution in [2.24, 2.45) is 11.7 Å². The quantitative estimate of drug-likeness (QED) is 0.840. The number of anilines is 1. The maximum atomic E-state index is 11.8. The van der Waals surface area contributed by atoms with Crippen LogP contribution in [0.3, 0.4) is 0 Å². The van der Waals surface area contributed by atoms with Gasteiger partial charge in [-0.15, -0.1) is 11.3 Å². The minimum Gasteiger partial charge on any atom is -0.330 e. The minimum absolute atomic E-state index is 0.0298. The molecule has 0 saturated carbocycles. The molecule has 1 fully saturated rings. The van der Waals surface area contributed by atoms with Gasteiger partial charge in [-0.1, -0.05) is 0 Å². The van der Waals surface area contributed by atoms with Crippen molar-refractivity contribution < 1.29 is 4.79 Å². The Labute approximate surface area is 111 Å². The van der Waals surface area contributed by atoms with Crippen molar-refractivity contribution in [1.29, 1.82) is 0 Å². The van der Waals surface area contributed by atoms with Crippen molar-refractivity contribution in [2.75, 3.05) is 31.5 Å². The zero-order chi connectivity index (χ0) is 12.8. The largest absolute Gasteiger partial charge is 0.330 e. The van der Waals surface area contributed by atoms with Gasteiger partial charge in [-0.2, -0.15) is 0 Å². The molecule has 1 aliphatic heterocycles. The highest BCUT2D eigenvalue weighted by Crippen LogP contribution is 2.19. The van der Waals surface area contributed by atoms with Gasteiger partial charge in [-0.25, -0.2) is 4.98 Å². The van der Waals surface area contributed by atoms with Gasteiger partial charge in [0.25, 0.3) is 0 Å². The van der Waals surface area contributed by atoms with Gasteiger partial charge in [0.1, 0.15) is 0 Å². The molecule has 18 heavy (non-hydrogen) atoms. The Morgan fingerprint density at radius 2 is 2.33 bits per heavy atom. The number of nitrogens with zero attached hydrogens (tertiary/aromatic N) is 2. The van der Waals surface area contributed by atoms with E-state index in [1.807, 2.05) is 5.38 Å². The summed E-state index contributed by atoms with van der Waals surface area (Å²) in [5.74, 6) is 0.774. The first-order valence-corrected chi connectivity index (χ1v) is 7.27. The van der Waals surface area contributed by atoms with E-state index in [0.29, 0.717) is 11.7 Å². The second kappa shape index (κ2) is 6.82. The van der Waals surface area contributed by atoms with Crippen LogP contribution in [0, 0.1) is 5.92 Å². The van der Waals surface area contributed by atoms with Gasteiger partial charge in [-0.05, 0) is 44.8 Å². The lowest BCUT2D eigenvalue weighted by atomic mass is 9.94. The summed E-state index contributed by atoms with van der Waals surface area (Å²) in [6.45, 7) is 3.23. The van der Waals surface area contributed by atoms with Gasteiger partial charge in [-0.3, -0.25) is 9.69 Å². The van der Waals surface area contributed by atoms with Crippen LogP contribution in [0.4, 0.5) is 5.13 Å². The van der Waals surface area contributed by atoms with E-state index in [2.05, 4.69) is 15.2 Å². The molecule has 0 radical (unpaired) electrons. The van der Waals surface area contributed by atoms with Crippen molar-refractivity contribution in [3.8, 4) is 0 Å². The second-order valence-electron chi connectivity index (χ2n) is 4.68. The Balaban J connectivity index is 1.69. The first-order chi connectivity index (χ1) is 8.78. The highest BCUT2D eigenvalue weighted by Gasteiger charge is 2.20. The fourth-order valence-electron chi connectivity index (χ4n) is 2.32. The van der Waals surface area contributed by atoms with Crippen LogP contribution in [0.25, 0.3) is 0 Å². The van der Waals surface area contributed by atoms with Gasteiger partial charge in [0.05, 0.1) is 6.54 Å². The summed E-state index contributed by atoms with van der Waals surface area (Å²) in [6.07, 6.45) is 5.11. The monoisotopic (exact) mass is 268 g/mol. The molecule has 0 aromatic carbocycles. The predicted octanol–water partition coefficient (Wildman–Crippen LogP) is 1.14. The number of nitrogens with two attached hydrogens (primary N) is 1. The molecule has 0 aliphatic carbocycles. The second-order valence-corrected chi connectivity index (χ2v) is 5.58. The third kappa shape index (κ3) is 4.04. The van der Waals surface area contributed by atoms with E-state index in [1.54, 1.807) is 6.20 Å². The molecule has 0 spiro atoms. The standard InChI is InChI=1S/C12H20N4OS/c13-4-1-10-2-6-16(7-3-10)9-11(17)15-12-14-5-8-18-12/h5,8,10H,1-4,6-7,9,13H2,(H,14,15,17). The van der Waals surface area contributed by atoms with Gasteiger partial charge in [0.2, 0.25) is 5.91 Å². The summed E-state index contributed by atoms with van der Waals surface area (Å²) >= 11 is 1.44. The number of thiazole rings is 1. The topological polar surface area (TPSA) is 71.2 Å². The molecule has 1 aromatic rings. The molecule has 0 bridgehead atoms. The number of hydrogen-bond donors (Lipinski definition) is 2. The molecule has 1 aromatic heterocycles. The predicted molar refractivity (Wildman–Crippen MR) is 73.6 cm³/mol. The number of aromatic nitrogens is 1. The molecule has 1 aliphatic rings. The Kier molecular flexibility index (Phi) is 5.10. The lowest BCUT2D eigenvalue weighted by Gasteiger charge is -2.31. The molecule has 0 unspecified atom stereocenters. The number of carbonyl (C=O) groups is 1. The zero-order valence-corrected chi connectivity index (χ0v) is 11.3. The first kappa shape index (κ1) is 13.5. The summed E-state index contributed by atoms with van der Waals surface area (Å²) in [5, 5.41) is 5.35. The normalized spacial score (nSPS) is 17.8. The molecule has 1 amide bonds. The minimum atomic E-state index is 0.0298. The van der Waals surface area contributed by atoms with Crippen LogP contribution in [0.5, 0.6) is 0 Å². The summed E-state index contributed by atoms with van der Waals surface area (Å²) in [4.78, 5) is 18.0. The Bertz CT molecular complexity index is 360. The number of piperidine rings is 1. The SMILES string of the molecule is NCCC1CCN(CC(=O)Nc2nccs2)CC1. The van der Waals surface area contributed by atoms with Crippen molar-refractivity contribution in [2.45, 2.75) is 19.3 Å². The zero-order valence-electron chi connectivity index (χ0n) is 10.5. The number of likely N-dealkylation sites (tertiary alicyclic amines) is 1. The van der Waals surface area contributed by atoms with E-state index in [9.17, 15) is 4.79 Å². The Hall–Kier alpha value is -0.980. The van der Waals surface area contributed by atoms with E-state index >= 15 is 0 Å². The fraction of sp³-hybridized carbons (Fsp3) is 0.667. The van der Waals surface area contributed by atoms with Crippen molar-refractivity contribution >= 4 is 22.4 Å². The van der Waals surface area contributed by atoms with Gasteiger partial charge in [0.15, 0.2) is 5.13 Å². The molecular formula is C12H20N4OS. The third-order valence-electron chi connectivity index (χ3n) is 3.33. The van der Waals surface area contributed by atoms with Crippen LogP contribution in [0.1, 0.15) is 19.3 Å². The molecular weight excluding hydrogens is 248 g/mol. The van der Waals surface area contributed by atoms with Crippen molar-refractivity contribution in [1.82, 2.24) is 9.88 Å². The van der Waals surface area contributed by atoms with Gasteiger partial charge in [0, 0.05) is 11.6 Å². The van der Waals surface area contributed by atoms with Crippen molar-refractivity contribution in [3.63, 3.8) is 0 Å². The van der Waals surface area contributed by atoms with E-state index in [0.717, 1.165) is 44.8 Å². The molecule has 3 N–H and O–H groups in total. The molecule has 6 heteroatoms. The third-order valence-corrected chi connectivity index (χ3v) is 4.02. The average Bonchev–Trinajstić information content (AvgIpc) is 2.84. The van der Waals surface area contributed by atoms with E-state index < -0.39 is 0 Å². The molecule has 2 rings (SSSR count). The smallest absolute Gasteiger partial charge is 0.240 e. The van der Waals surface area contributed by atoms with Gasteiger partial charge >= 0.3 is 0 Å². The average molecular weight is 268 g/mol. The van der Waals surface area contributed by atoms with E-state index in [-0.39, 0.29) is 5.91 Å². The Morgan fingerprint density at radius 1 is 1.56 bits per heavy atom. The molecule has 5 nitrogen and oxygen atoms in total. The summed E-state index contributed by atoms with van der Waals surface area (Å²) in [7, 11) is 0.